The van der Waals surface area contributed by atoms with E-state index in [1.165, 1.54) is 0 Å². The van der Waals surface area contributed by atoms with Crippen molar-refractivity contribution in [1.82, 2.24) is 15.1 Å². The Morgan fingerprint density at radius 3 is 2.76 bits per heavy atom. The molecule has 5 nitrogen and oxygen atoms in total. The maximum atomic E-state index is 12.5. The molecule has 0 spiro atoms. The zero-order valence-corrected chi connectivity index (χ0v) is 12.9. The first-order valence-electron chi connectivity index (χ1n) is 7.63. The van der Waals surface area contributed by atoms with Gasteiger partial charge in [-0.05, 0) is 31.5 Å². The second-order valence-electron chi connectivity index (χ2n) is 5.48. The third-order valence-electron chi connectivity index (χ3n) is 4.05. The molecule has 0 radical (unpaired) electrons. The fourth-order valence-electron chi connectivity index (χ4n) is 2.78. The quantitative estimate of drug-likeness (QED) is 0.856. The molecular formula is C16H25N3O2. The summed E-state index contributed by atoms with van der Waals surface area (Å²) >= 11 is 0. The van der Waals surface area contributed by atoms with Crippen molar-refractivity contribution in [2.24, 2.45) is 0 Å². The van der Waals surface area contributed by atoms with E-state index < -0.39 is 0 Å². The van der Waals surface area contributed by atoms with Crippen LogP contribution in [0.5, 0.6) is 5.75 Å². The van der Waals surface area contributed by atoms with E-state index in [9.17, 15) is 9.90 Å². The molecule has 1 fully saturated rings. The first-order chi connectivity index (χ1) is 10.1. The molecule has 1 aliphatic heterocycles. The lowest BCUT2D eigenvalue weighted by molar-refractivity contribution is -0.134. The van der Waals surface area contributed by atoms with Crippen molar-refractivity contribution in [2.75, 3.05) is 39.3 Å². The number of phenolic OH excluding ortho intramolecular Hbond substituents is 1. The lowest BCUT2D eigenvalue weighted by Gasteiger charge is -2.32. The number of phenols is 1. The highest BCUT2D eigenvalue weighted by atomic mass is 16.3. The van der Waals surface area contributed by atoms with E-state index >= 15 is 0 Å². The van der Waals surface area contributed by atoms with Gasteiger partial charge in [0.15, 0.2) is 0 Å². The average Bonchev–Trinajstić information content (AvgIpc) is 2.49. The van der Waals surface area contributed by atoms with Crippen LogP contribution in [0.4, 0.5) is 0 Å². The van der Waals surface area contributed by atoms with Crippen LogP contribution in [0.2, 0.25) is 0 Å². The molecule has 1 aromatic carbocycles. The SMILES string of the molecule is CCN(C(=O)CN1CCNCC1)C(C)c1cccc(O)c1. The van der Waals surface area contributed by atoms with Crippen LogP contribution in [-0.2, 0) is 4.79 Å². The maximum absolute atomic E-state index is 12.5. The van der Waals surface area contributed by atoms with E-state index in [0.717, 1.165) is 31.7 Å². The summed E-state index contributed by atoms with van der Waals surface area (Å²) < 4.78 is 0. The Morgan fingerprint density at radius 2 is 2.14 bits per heavy atom. The van der Waals surface area contributed by atoms with Crippen LogP contribution in [0.15, 0.2) is 24.3 Å². The Labute approximate surface area is 126 Å². The van der Waals surface area contributed by atoms with Crippen molar-refractivity contribution in [3.05, 3.63) is 29.8 Å². The number of rotatable bonds is 5. The van der Waals surface area contributed by atoms with E-state index in [4.69, 9.17) is 0 Å². The number of carbonyl (C=O) groups excluding carboxylic acids is 1. The Balaban J connectivity index is 2.01. The molecule has 1 saturated heterocycles. The standard InChI is InChI=1S/C16H25N3O2/c1-3-19(13(2)14-5-4-6-15(20)11-14)16(21)12-18-9-7-17-8-10-18/h4-6,11,13,17,20H,3,7-10,12H2,1-2H3. The molecule has 1 unspecified atom stereocenters. The molecule has 1 amide bonds. The van der Waals surface area contributed by atoms with Crippen LogP contribution in [0.25, 0.3) is 0 Å². The second-order valence-corrected chi connectivity index (χ2v) is 5.48. The minimum Gasteiger partial charge on any atom is -0.508 e. The molecule has 1 aliphatic rings. The summed E-state index contributed by atoms with van der Waals surface area (Å²) in [7, 11) is 0. The number of nitrogens with one attached hydrogen (secondary N) is 1. The summed E-state index contributed by atoms with van der Waals surface area (Å²) in [6.45, 7) is 8.87. The highest BCUT2D eigenvalue weighted by Crippen LogP contribution is 2.23. The first-order valence-corrected chi connectivity index (χ1v) is 7.63. The van der Waals surface area contributed by atoms with E-state index in [1.807, 2.05) is 30.9 Å². The Bertz CT molecular complexity index is 472. The van der Waals surface area contributed by atoms with Crippen LogP contribution >= 0.6 is 0 Å². The lowest BCUT2D eigenvalue weighted by Crippen LogP contribution is -2.48. The third kappa shape index (κ3) is 4.19. The summed E-state index contributed by atoms with van der Waals surface area (Å²) in [6.07, 6.45) is 0. The van der Waals surface area contributed by atoms with Crippen LogP contribution in [0.1, 0.15) is 25.5 Å². The Hall–Kier alpha value is -1.59. The van der Waals surface area contributed by atoms with E-state index in [2.05, 4.69) is 10.2 Å². The number of carbonyl (C=O) groups is 1. The van der Waals surface area contributed by atoms with Gasteiger partial charge in [-0.25, -0.2) is 0 Å². The van der Waals surface area contributed by atoms with Gasteiger partial charge < -0.3 is 15.3 Å². The third-order valence-corrected chi connectivity index (χ3v) is 4.05. The highest BCUT2D eigenvalue weighted by Gasteiger charge is 2.22. The number of piperazine rings is 1. The maximum Gasteiger partial charge on any atom is 0.237 e. The van der Waals surface area contributed by atoms with Gasteiger partial charge >= 0.3 is 0 Å². The molecule has 1 heterocycles. The monoisotopic (exact) mass is 291 g/mol. The molecule has 116 valence electrons. The van der Waals surface area contributed by atoms with Crippen LogP contribution in [0, 0.1) is 0 Å². The minimum atomic E-state index is -0.0301. The average molecular weight is 291 g/mol. The molecular weight excluding hydrogens is 266 g/mol. The molecule has 21 heavy (non-hydrogen) atoms. The van der Waals surface area contributed by atoms with Crippen LogP contribution < -0.4 is 5.32 Å². The fourth-order valence-corrected chi connectivity index (χ4v) is 2.78. The number of hydrogen-bond donors (Lipinski definition) is 2. The van der Waals surface area contributed by atoms with Gasteiger partial charge in [-0.2, -0.15) is 0 Å². The Kier molecular flexibility index (Phi) is 5.59. The summed E-state index contributed by atoms with van der Waals surface area (Å²) in [5, 5.41) is 12.9. The van der Waals surface area contributed by atoms with Gasteiger partial charge in [0.1, 0.15) is 5.75 Å². The topological polar surface area (TPSA) is 55.8 Å². The van der Waals surface area contributed by atoms with Crippen molar-refractivity contribution in [3.63, 3.8) is 0 Å². The van der Waals surface area contributed by atoms with Gasteiger partial charge in [-0.1, -0.05) is 12.1 Å². The van der Waals surface area contributed by atoms with Gasteiger partial charge in [-0.3, -0.25) is 9.69 Å². The minimum absolute atomic E-state index is 0.0301. The largest absolute Gasteiger partial charge is 0.508 e. The summed E-state index contributed by atoms with van der Waals surface area (Å²) in [5.41, 5.74) is 0.963. The zero-order valence-electron chi connectivity index (χ0n) is 12.9. The number of hydrogen-bond acceptors (Lipinski definition) is 4. The molecule has 1 aromatic rings. The van der Waals surface area contributed by atoms with Gasteiger partial charge in [0, 0.05) is 32.7 Å². The Morgan fingerprint density at radius 1 is 1.43 bits per heavy atom. The molecule has 2 N–H and O–H groups in total. The molecule has 0 saturated carbocycles. The number of amides is 1. The number of benzene rings is 1. The van der Waals surface area contributed by atoms with Gasteiger partial charge in [0.2, 0.25) is 5.91 Å². The molecule has 1 atom stereocenters. The van der Waals surface area contributed by atoms with Crippen molar-refractivity contribution in [3.8, 4) is 5.75 Å². The van der Waals surface area contributed by atoms with Gasteiger partial charge in [0.25, 0.3) is 0 Å². The normalized spacial score (nSPS) is 17.4. The van der Waals surface area contributed by atoms with Crippen LogP contribution in [0.3, 0.4) is 0 Å². The van der Waals surface area contributed by atoms with Crippen molar-refractivity contribution < 1.29 is 9.90 Å². The second kappa shape index (κ2) is 7.43. The molecule has 5 heteroatoms. The lowest BCUT2D eigenvalue weighted by atomic mass is 10.1. The van der Waals surface area contributed by atoms with Crippen molar-refractivity contribution in [2.45, 2.75) is 19.9 Å². The summed E-state index contributed by atoms with van der Waals surface area (Å²) in [4.78, 5) is 16.6. The predicted molar refractivity (Wildman–Crippen MR) is 83.2 cm³/mol. The van der Waals surface area contributed by atoms with E-state index in [-0.39, 0.29) is 17.7 Å². The van der Waals surface area contributed by atoms with Gasteiger partial charge in [0.05, 0.1) is 12.6 Å². The zero-order chi connectivity index (χ0) is 15.2. The molecule has 2 rings (SSSR count). The first kappa shape index (κ1) is 15.8. The molecule has 0 aromatic heterocycles. The van der Waals surface area contributed by atoms with E-state index in [1.54, 1.807) is 12.1 Å². The highest BCUT2D eigenvalue weighted by molar-refractivity contribution is 5.78. The number of nitrogens with zero attached hydrogens (tertiary/aromatic N) is 2. The van der Waals surface area contributed by atoms with Crippen LogP contribution in [-0.4, -0.2) is 60.1 Å². The smallest absolute Gasteiger partial charge is 0.237 e. The van der Waals surface area contributed by atoms with Crippen molar-refractivity contribution >= 4 is 5.91 Å². The van der Waals surface area contributed by atoms with Gasteiger partial charge in [-0.15, -0.1) is 0 Å². The number of likely N-dealkylation sites (N-methyl/N-ethyl adjacent to an activating group) is 1. The summed E-state index contributed by atoms with van der Waals surface area (Å²) in [5.74, 6) is 0.389. The molecule has 0 aliphatic carbocycles. The molecule has 0 bridgehead atoms. The fraction of sp³-hybridized carbons (Fsp3) is 0.562. The number of aromatic hydroxyl groups is 1. The predicted octanol–water partition coefficient (Wildman–Crippen LogP) is 1.21. The van der Waals surface area contributed by atoms with Crippen molar-refractivity contribution in [1.29, 1.82) is 0 Å². The van der Waals surface area contributed by atoms with E-state index in [0.29, 0.717) is 13.1 Å². The summed E-state index contributed by atoms with van der Waals surface area (Å²) in [6, 6.07) is 7.11.